The van der Waals surface area contributed by atoms with Gasteiger partial charge in [0.2, 0.25) is 0 Å². The van der Waals surface area contributed by atoms with Crippen LogP contribution in [-0.4, -0.2) is 4.57 Å². The highest BCUT2D eigenvalue weighted by molar-refractivity contribution is 6.10. The number of hydrogen-bond acceptors (Lipinski definition) is 1. The fourth-order valence-corrected chi connectivity index (χ4v) is 9.15. The Labute approximate surface area is 351 Å². The zero-order valence-corrected chi connectivity index (χ0v) is 32.9. The van der Waals surface area contributed by atoms with Crippen molar-refractivity contribution in [2.24, 2.45) is 0 Å². The first-order valence-electron chi connectivity index (χ1n) is 22.2. The Bertz CT molecular complexity index is 3380. The number of benzene rings is 9. The van der Waals surface area contributed by atoms with Gasteiger partial charge in [-0.2, -0.15) is 0 Å². The Balaban J connectivity index is 1.08. The van der Waals surface area contributed by atoms with E-state index in [4.69, 9.17) is 0 Å². The molecule has 2 nitrogen and oxygen atoms in total. The number of hydrogen-bond donors (Lipinski definition) is 0. The van der Waals surface area contributed by atoms with Gasteiger partial charge in [-0.25, -0.2) is 0 Å². The fraction of sp³-hybridized carbons (Fsp3) is 0.0526. The van der Waals surface area contributed by atoms with Gasteiger partial charge in [-0.05, 0) is 111 Å². The lowest BCUT2D eigenvalue weighted by Crippen LogP contribution is -2.16. The van der Waals surface area contributed by atoms with Crippen molar-refractivity contribution in [3.63, 3.8) is 0 Å². The lowest BCUT2D eigenvalue weighted by molar-refractivity contribution is 0.660. The summed E-state index contributed by atoms with van der Waals surface area (Å²) in [6, 6.07) is 65.9. The quantitative estimate of drug-likeness (QED) is 0.157. The molecule has 0 fully saturated rings. The van der Waals surface area contributed by atoms with Gasteiger partial charge in [-0.3, -0.25) is 0 Å². The maximum atomic E-state index is 9.82. The van der Waals surface area contributed by atoms with Crippen LogP contribution in [0.25, 0.3) is 72.0 Å². The Morgan fingerprint density at radius 2 is 1.00 bits per heavy atom. The number of nitrogens with zero attached hydrogens (tertiary/aromatic N) is 2. The van der Waals surface area contributed by atoms with Crippen molar-refractivity contribution in [1.29, 1.82) is 0 Å². The van der Waals surface area contributed by atoms with Crippen molar-refractivity contribution in [1.82, 2.24) is 4.57 Å². The molecule has 0 amide bonds. The van der Waals surface area contributed by atoms with Gasteiger partial charge in [0, 0.05) is 38.8 Å². The molecule has 0 aliphatic heterocycles. The van der Waals surface area contributed by atoms with Crippen molar-refractivity contribution in [2.45, 2.75) is 19.3 Å². The van der Waals surface area contributed by atoms with E-state index < -0.39 is 0 Å². The standard InChI is InChI=1S/C57H42N2/c1-57(2)52-22-12-9-20-48(52)49-35-34-46(38-53(49)57)58(54-23-13-10-19-47(54)42-17-7-4-8-18-42)44-30-27-41(28-31-44)43-29-36-56-51(37-43)50-21-11-14-24-55(50)59(56)45-32-25-40(26-33-45)39-15-5-3-6-16-39/h3-38H,1-2H3/i27D,28D,30D,31D. The summed E-state index contributed by atoms with van der Waals surface area (Å²) in [5, 5.41) is 2.01. The van der Waals surface area contributed by atoms with Crippen LogP contribution in [0.5, 0.6) is 0 Å². The number of fused-ring (bicyclic) bond motifs is 6. The van der Waals surface area contributed by atoms with E-state index in [1.807, 2.05) is 89.8 Å². The Hall–Kier alpha value is -7.42. The van der Waals surface area contributed by atoms with Crippen LogP contribution in [0.15, 0.2) is 218 Å². The predicted octanol–water partition coefficient (Wildman–Crippen LogP) is 15.6. The second kappa shape index (κ2) is 13.9. The molecule has 1 aliphatic carbocycles. The Morgan fingerprint density at radius 1 is 0.407 bits per heavy atom. The second-order valence-corrected chi connectivity index (χ2v) is 15.8. The zero-order valence-electron chi connectivity index (χ0n) is 36.9. The fourth-order valence-electron chi connectivity index (χ4n) is 9.15. The number of anilines is 3. The maximum Gasteiger partial charge on any atom is 0.0645 e. The first-order chi connectivity index (χ1) is 30.7. The summed E-state index contributed by atoms with van der Waals surface area (Å²) in [6.07, 6.45) is 0. The van der Waals surface area contributed by atoms with E-state index in [0.29, 0.717) is 5.56 Å². The van der Waals surface area contributed by atoms with E-state index in [9.17, 15) is 5.48 Å². The molecule has 280 valence electrons. The van der Waals surface area contributed by atoms with Crippen LogP contribution in [0.4, 0.5) is 17.1 Å². The smallest absolute Gasteiger partial charge is 0.0645 e. The third-order valence-electron chi connectivity index (χ3n) is 12.1. The van der Waals surface area contributed by atoms with Crippen LogP contribution in [-0.2, 0) is 5.41 Å². The van der Waals surface area contributed by atoms with Crippen LogP contribution in [0, 0.1) is 0 Å². The lowest BCUT2D eigenvalue weighted by atomic mass is 9.82. The van der Waals surface area contributed by atoms with Gasteiger partial charge in [0.1, 0.15) is 0 Å². The van der Waals surface area contributed by atoms with Crippen molar-refractivity contribution in [2.75, 3.05) is 4.90 Å². The summed E-state index contributed by atoms with van der Waals surface area (Å²) in [5.74, 6) is 0. The van der Waals surface area contributed by atoms with Crippen molar-refractivity contribution in [3.8, 4) is 50.2 Å². The minimum Gasteiger partial charge on any atom is -0.310 e. The average Bonchev–Trinajstić information content (AvgIpc) is 3.78. The van der Waals surface area contributed by atoms with E-state index >= 15 is 0 Å². The van der Waals surface area contributed by atoms with Crippen molar-refractivity contribution in [3.05, 3.63) is 229 Å². The molecule has 0 spiro atoms. The molecule has 10 aromatic rings. The van der Waals surface area contributed by atoms with E-state index in [1.54, 1.807) is 0 Å². The Kier molecular flexibility index (Phi) is 7.23. The highest BCUT2D eigenvalue weighted by Gasteiger charge is 2.36. The highest BCUT2D eigenvalue weighted by atomic mass is 15.1. The number of rotatable bonds is 7. The molecule has 9 aromatic carbocycles. The minimum absolute atomic E-state index is 0.0957. The van der Waals surface area contributed by atoms with Crippen molar-refractivity contribution < 1.29 is 5.48 Å². The third-order valence-corrected chi connectivity index (χ3v) is 12.1. The van der Waals surface area contributed by atoms with Gasteiger partial charge in [-0.15, -0.1) is 0 Å². The SMILES string of the molecule is [2H]c1c([2H])c(N(c2ccc3c(c2)C(C)(C)c2ccccc2-3)c2ccccc2-c2ccccc2)c([2H])c([2H])c1-c1ccc2c(c1)c1ccccc1n2-c1ccc(-c2ccccc2)cc1. The number of aromatic nitrogens is 1. The molecular weight excluding hydrogens is 713 g/mol. The van der Waals surface area contributed by atoms with Crippen LogP contribution >= 0.6 is 0 Å². The molecule has 0 saturated heterocycles. The summed E-state index contributed by atoms with van der Waals surface area (Å²) in [6.45, 7) is 4.48. The predicted molar refractivity (Wildman–Crippen MR) is 249 cm³/mol. The van der Waals surface area contributed by atoms with Gasteiger partial charge in [-0.1, -0.05) is 172 Å². The van der Waals surface area contributed by atoms with E-state index in [0.717, 1.165) is 72.2 Å². The summed E-state index contributed by atoms with van der Waals surface area (Å²) in [5.41, 5.74) is 14.3. The molecule has 1 aliphatic rings. The molecule has 1 aromatic heterocycles. The molecule has 0 unspecified atom stereocenters. The van der Waals surface area contributed by atoms with E-state index in [2.05, 4.69) is 128 Å². The average molecular weight is 759 g/mol. The van der Waals surface area contributed by atoms with Crippen LogP contribution in [0.3, 0.4) is 0 Å². The monoisotopic (exact) mass is 758 g/mol. The number of para-hydroxylation sites is 2. The largest absolute Gasteiger partial charge is 0.310 e. The molecule has 0 saturated carbocycles. The second-order valence-electron chi connectivity index (χ2n) is 15.8. The first kappa shape index (κ1) is 30.7. The summed E-state index contributed by atoms with van der Waals surface area (Å²) >= 11 is 0. The van der Waals surface area contributed by atoms with Crippen LogP contribution in [0.2, 0.25) is 0 Å². The molecule has 11 rings (SSSR count). The molecule has 2 heteroatoms. The summed E-state index contributed by atoms with van der Waals surface area (Å²) in [4.78, 5) is 1.94. The van der Waals surface area contributed by atoms with Crippen molar-refractivity contribution >= 4 is 38.9 Å². The van der Waals surface area contributed by atoms with E-state index in [1.165, 1.54) is 11.1 Å². The first-order valence-corrected chi connectivity index (χ1v) is 20.2. The lowest BCUT2D eigenvalue weighted by Gasteiger charge is -2.30. The topological polar surface area (TPSA) is 8.17 Å². The normalized spacial score (nSPS) is 13.7. The molecule has 1 heterocycles. The van der Waals surface area contributed by atoms with E-state index in [-0.39, 0.29) is 40.8 Å². The molecule has 0 atom stereocenters. The van der Waals surface area contributed by atoms with Crippen LogP contribution < -0.4 is 4.90 Å². The summed E-state index contributed by atoms with van der Waals surface area (Å²) < 4.78 is 41.3. The van der Waals surface area contributed by atoms with Gasteiger partial charge in [0.25, 0.3) is 0 Å². The molecule has 59 heavy (non-hydrogen) atoms. The molecule has 0 bridgehead atoms. The minimum atomic E-state index is -0.293. The Morgan fingerprint density at radius 3 is 1.78 bits per heavy atom. The van der Waals surface area contributed by atoms with Gasteiger partial charge >= 0.3 is 0 Å². The van der Waals surface area contributed by atoms with Crippen LogP contribution in [0.1, 0.15) is 30.5 Å². The molecule has 0 N–H and O–H groups in total. The highest BCUT2D eigenvalue weighted by Crippen LogP contribution is 2.51. The maximum absolute atomic E-state index is 9.82. The summed E-state index contributed by atoms with van der Waals surface area (Å²) in [7, 11) is 0. The third kappa shape index (κ3) is 5.79. The van der Waals surface area contributed by atoms with Gasteiger partial charge < -0.3 is 9.47 Å². The van der Waals surface area contributed by atoms with Gasteiger partial charge in [0.15, 0.2) is 0 Å². The zero-order chi connectivity index (χ0) is 43.0. The molecular formula is C57H42N2. The van der Waals surface area contributed by atoms with Gasteiger partial charge in [0.05, 0.1) is 22.2 Å². The molecule has 0 radical (unpaired) electrons.